The summed E-state index contributed by atoms with van der Waals surface area (Å²) in [7, 11) is 0. The van der Waals surface area contributed by atoms with Crippen LogP contribution in [0.1, 0.15) is 25.5 Å². The van der Waals surface area contributed by atoms with Crippen LogP contribution in [0.2, 0.25) is 0 Å². The van der Waals surface area contributed by atoms with Crippen molar-refractivity contribution >= 4 is 30.7 Å². The topological polar surface area (TPSA) is 69.8 Å². The van der Waals surface area contributed by atoms with Crippen molar-refractivity contribution in [3.8, 4) is 0 Å². The lowest BCUT2D eigenvalue weighted by Gasteiger charge is -2.38. The van der Waals surface area contributed by atoms with Crippen molar-refractivity contribution in [2.45, 2.75) is 25.5 Å². The first-order valence-corrected chi connectivity index (χ1v) is 7.41. The quantitative estimate of drug-likeness (QED) is 0.849. The highest BCUT2D eigenvalue weighted by Crippen LogP contribution is 2.15. The molecule has 0 radical (unpaired) electrons. The SMILES string of the molecule is CC(C)(N)C(=O)N1CCN(CC(O)c2ccccc2)CC1.Cl.Cl. The molecule has 0 spiro atoms. The molecule has 1 aliphatic rings. The van der Waals surface area contributed by atoms with Gasteiger partial charge < -0.3 is 15.7 Å². The number of carbonyl (C=O) groups is 1. The zero-order valence-electron chi connectivity index (χ0n) is 13.6. The van der Waals surface area contributed by atoms with Crippen LogP contribution in [0.3, 0.4) is 0 Å². The Kier molecular flexibility index (Phi) is 9.10. The lowest BCUT2D eigenvalue weighted by Crippen LogP contribution is -2.57. The van der Waals surface area contributed by atoms with Crippen LogP contribution in [0.4, 0.5) is 0 Å². The molecule has 1 unspecified atom stereocenters. The molecule has 1 aromatic carbocycles. The number of benzene rings is 1. The van der Waals surface area contributed by atoms with Crippen molar-refractivity contribution in [1.82, 2.24) is 9.80 Å². The minimum atomic E-state index is -0.814. The average molecular weight is 364 g/mol. The molecule has 2 rings (SSSR count). The molecule has 1 aliphatic heterocycles. The van der Waals surface area contributed by atoms with Gasteiger partial charge >= 0.3 is 0 Å². The highest BCUT2D eigenvalue weighted by Gasteiger charge is 2.30. The number of carbonyl (C=O) groups excluding carboxylic acids is 1. The maximum Gasteiger partial charge on any atom is 0.242 e. The standard InChI is InChI=1S/C16H25N3O2.2ClH/c1-16(2,17)15(21)19-10-8-18(9-11-19)12-14(20)13-6-4-3-5-7-13;;/h3-7,14,20H,8-12,17H2,1-2H3;2*1H. The molecule has 0 bridgehead atoms. The van der Waals surface area contributed by atoms with E-state index in [0.717, 1.165) is 18.7 Å². The first kappa shape index (κ1) is 22.1. The van der Waals surface area contributed by atoms with E-state index in [9.17, 15) is 9.90 Å². The van der Waals surface area contributed by atoms with Crippen molar-refractivity contribution in [3.63, 3.8) is 0 Å². The summed E-state index contributed by atoms with van der Waals surface area (Å²) >= 11 is 0. The Labute approximate surface area is 150 Å². The molecular formula is C16H27Cl2N3O2. The van der Waals surface area contributed by atoms with Gasteiger partial charge in [-0.3, -0.25) is 9.69 Å². The van der Waals surface area contributed by atoms with E-state index in [0.29, 0.717) is 19.6 Å². The van der Waals surface area contributed by atoms with E-state index in [-0.39, 0.29) is 30.7 Å². The molecule has 0 aromatic heterocycles. The molecule has 132 valence electrons. The number of β-amino-alcohol motifs (C(OH)–C–C–N with tert-alkyl or cyclic N) is 1. The predicted octanol–water partition coefficient (Wildman–Crippen LogP) is 1.45. The second-order valence-corrected chi connectivity index (χ2v) is 6.24. The molecular weight excluding hydrogens is 337 g/mol. The smallest absolute Gasteiger partial charge is 0.242 e. The maximum atomic E-state index is 12.1. The van der Waals surface area contributed by atoms with Gasteiger partial charge in [0.1, 0.15) is 0 Å². The lowest BCUT2D eigenvalue weighted by molar-refractivity contribution is -0.137. The van der Waals surface area contributed by atoms with E-state index in [1.807, 2.05) is 35.2 Å². The lowest BCUT2D eigenvalue weighted by atomic mass is 10.0. The highest BCUT2D eigenvalue weighted by atomic mass is 35.5. The number of halogens is 2. The van der Waals surface area contributed by atoms with Crippen molar-refractivity contribution in [2.75, 3.05) is 32.7 Å². The average Bonchev–Trinajstić information content (AvgIpc) is 2.47. The fourth-order valence-electron chi connectivity index (χ4n) is 2.57. The van der Waals surface area contributed by atoms with E-state index >= 15 is 0 Å². The third-order valence-electron chi connectivity index (χ3n) is 3.83. The van der Waals surface area contributed by atoms with E-state index in [2.05, 4.69) is 4.90 Å². The number of aliphatic hydroxyl groups excluding tert-OH is 1. The third-order valence-corrected chi connectivity index (χ3v) is 3.83. The number of nitrogens with zero attached hydrogens (tertiary/aromatic N) is 2. The molecule has 23 heavy (non-hydrogen) atoms. The Morgan fingerprint density at radius 2 is 1.70 bits per heavy atom. The monoisotopic (exact) mass is 363 g/mol. The van der Waals surface area contributed by atoms with Gasteiger partial charge in [-0.1, -0.05) is 30.3 Å². The molecule has 5 nitrogen and oxygen atoms in total. The van der Waals surface area contributed by atoms with Gasteiger partial charge in [0.25, 0.3) is 0 Å². The van der Waals surface area contributed by atoms with E-state index in [4.69, 9.17) is 5.73 Å². The largest absolute Gasteiger partial charge is 0.387 e. The predicted molar refractivity (Wildman–Crippen MR) is 97.2 cm³/mol. The van der Waals surface area contributed by atoms with Crippen LogP contribution >= 0.6 is 24.8 Å². The Hall–Kier alpha value is -0.850. The minimum absolute atomic E-state index is 0. The number of nitrogens with two attached hydrogens (primary N) is 1. The summed E-state index contributed by atoms with van der Waals surface area (Å²) in [5.41, 5.74) is 5.97. The molecule has 1 fully saturated rings. The van der Waals surface area contributed by atoms with Crippen LogP contribution in [0.25, 0.3) is 0 Å². The molecule has 3 N–H and O–H groups in total. The molecule has 0 saturated carbocycles. The fourth-order valence-corrected chi connectivity index (χ4v) is 2.57. The van der Waals surface area contributed by atoms with E-state index in [1.165, 1.54) is 0 Å². The molecule has 1 heterocycles. The summed E-state index contributed by atoms with van der Waals surface area (Å²) in [5.74, 6) is -0.00856. The van der Waals surface area contributed by atoms with Crippen LogP contribution < -0.4 is 5.73 Å². The Bertz CT molecular complexity index is 472. The summed E-state index contributed by atoms with van der Waals surface area (Å²) in [6.45, 7) is 6.94. The van der Waals surface area contributed by atoms with Gasteiger partial charge in [-0.15, -0.1) is 24.8 Å². The number of aliphatic hydroxyl groups is 1. The summed E-state index contributed by atoms with van der Waals surface area (Å²) in [4.78, 5) is 16.1. The van der Waals surface area contributed by atoms with Crippen LogP contribution in [0.15, 0.2) is 30.3 Å². The van der Waals surface area contributed by atoms with Crippen molar-refractivity contribution in [2.24, 2.45) is 5.73 Å². The van der Waals surface area contributed by atoms with Gasteiger partial charge in [-0.2, -0.15) is 0 Å². The van der Waals surface area contributed by atoms with Crippen LogP contribution in [0, 0.1) is 0 Å². The zero-order chi connectivity index (χ0) is 15.5. The molecule has 1 aromatic rings. The third kappa shape index (κ3) is 6.28. The normalized spacial score (nSPS) is 17.0. The molecule has 0 aliphatic carbocycles. The molecule has 1 amide bonds. The van der Waals surface area contributed by atoms with Gasteiger partial charge in [-0.25, -0.2) is 0 Å². The number of hydrogen-bond donors (Lipinski definition) is 2. The first-order chi connectivity index (χ1) is 9.88. The van der Waals surface area contributed by atoms with E-state index < -0.39 is 11.6 Å². The van der Waals surface area contributed by atoms with Crippen molar-refractivity contribution < 1.29 is 9.90 Å². The fraction of sp³-hybridized carbons (Fsp3) is 0.562. The molecule has 7 heteroatoms. The van der Waals surface area contributed by atoms with Gasteiger partial charge in [0, 0.05) is 32.7 Å². The van der Waals surface area contributed by atoms with Crippen LogP contribution in [-0.2, 0) is 4.79 Å². The zero-order valence-corrected chi connectivity index (χ0v) is 15.3. The maximum absolute atomic E-state index is 12.1. The number of amides is 1. The van der Waals surface area contributed by atoms with Crippen LogP contribution in [-0.4, -0.2) is 59.1 Å². The summed E-state index contributed by atoms with van der Waals surface area (Å²) < 4.78 is 0. The Balaban J connectivity index is 0.00000242. The second kappa shape index (κ2) is 9.45. The van der Waals surface area contributed by atoms with Gasteiger partial charge in [0.2, 0.25) is 5.91 Å². The van der Waals surface area contributed by atoms with Crippen LogP contribution in [0.5, 0.6) is 0 Å². The number of rotatable bonds is 4. The Morgan fingerprint density at radius 1 is 1.17 bits per heavy atom. The van der Waals surface area contributed by atoms with E-state index in [1.54, 1.807) is 13.8 Å². The van der Waals surface area contributed by atoms with Gasteiger partial charge in [0.05, 0.1) is 11.6 Å². The summed E-state index contributed by atoms with van der Waals surface area (Å²) in [6.07, 6.45) is -0.487. The number of hydrogen-bond acceptors (Lipinski definition) is 4. The second-order valence-electron chi connectivity index (χ2n) is 6.24. The molecule has 1 atom stereocenters. The summed E-state index contributed by atoms with van der Waals surface area (Å²) in [5, 5.41) is 10.2. The van der Waals surface area contributed by atoms with Gasteiger partial charge in [-0.05, 0) is 19.4 Å². The number of piperazine rings is 1. The minimum Gasteiger partial charge on any atom is -0.387 e. The summed E-state index contributed by atoms with van der Waals surface area (Å²) in [6, 6.07) is 9.66. The first-order valence-electron chi connectivity index (χ1n) is 7.41. The van der Waals surface area contributed by atoms with Gasteiger partial charge in [0.15, 0.2) is 0 Å². The molecule has 1 saturated heterocycles. The van der Waals surface area contributed by atoms with Crippen molar-refractivity contribution in [1.29, 1.82) is 0 Å². The Morgan fingerprint density at radius 3 is 2.17 bits per heavy atom. The highest BCUT2D eigenvalue weighted by molar-refractivity contribution is 5.86. The van der Waals surface area contributed by atoms with Crippen molar-refractivity contribution in [3.05, 3.63) is 35.9 Å².